The van der Waals surface area contributed by atoms with Crippen molar-refractivity contribution < 1.29 is 8.91 Å². The molecule has 0 bridgehead atoms. The maximum Gasteiger partial charge on any atom is 0.232 e. The SMILES string of the molecule is Fc1cccc(Cl)c1CN1CC(c2nc(-c3cccnc3)no2)C1. The summed E-state index contributed by atoms with van der Waals surface area (Å²) in [5.41, 5.74) is 1.35. The number of likely N-dealkylation sites (tertiary alicyclic amines) is 1. The lowest BCUT2D eigenvalue weighted by Crippen LogP contribution is -2.44. The van der Waals surface area contributed by atoms with E-state index in [0.29, 0.717) is 28.8 Å². The second-order valence-electron chi connectivity index (χ2n) is 5.79. The van der Waals surface area contributed by atoms with Crippen LogP contribution in [0.1, 0.15) is 17.4 Å². The molecule has 0 aliphatic carbocycles. The van der Waals surface area contributed by atoms with Crippen LogP contribution in [0, 0.1) is 5.82 Å². The summed E-state index contributed by atoms with van der Waals surface area (Å²) >= 11 is 6.07. The van der Waals surface area contributed by atoms with Gasteiger partial charge in [-0.3, -0.25) is 9.88 Å². The van der Waals surface area contributed by atoms with Gasteiger partial charge in [-0.05, 0) is 24.3 Å². The Morgan fingerprint density at radius 3 is 2.88 bits per heavy atom. The van der Waals surface area contributed by atoms with Crippen LogP contribution in [0.25, 0.3) is 11.4 Å². The highest BCUT2D eigenvalue weighted by Crippen LogP contribution is 2.30. The summed E-state index contributed by atoms with van der Waals surface area (Å²) in [5.74, 6) is 1.02. The predicted octanol–water partition coefficient (Wildman–Crippen LogP) is 3.52. The maximum absolute atomic E-state index is 13.8. The van der Waals surface area contributed by atoms with Crippen LogP contribution in [0.15, 0.2) is 47.2 Å². The zero-order chi connectivity index (χ0) is 16.5. The number of rotatable bonds is 4. The largest absolute Gasteiger partial charge is 0.339 e. The van der Waals surface area contributed by atoms with Crippen LogP contribution in [0.5, 0.6) is 0 Å². The van der Waals surface area contributed by atoms with Crippen LogP contribution in [0.2, 0.25) is 5.02 Å². The first kappa shape index (κ1) is 15.2. The lowest BCUT2D eigenvalue weighted by Gasteiger charge is -2.37. The molecule has 7 heteroatoms. The van der Waals surface area contributed by atoms with Crippen molar-refractivity contribution in [3.63, 3.8) is 0 Å². The molecule has 1 aliphatic rings. The lowest BCUT2D eigenvalue weighted by atomic mass is 9.99. The smallest absolute Gasteiger partial charge is 0.232 e. The predicted molar refractivity (Wildman–Crippen MR) is 87.0 cm³/mol. The monoisotopic (exact) mass is 344 g/mol. The van der Waals surface area contributed by atoms with E-state index in [0.717, 1.165) is 18.7 Å². The molecule has 0 spiro atoms. The topological polar surface area (TPSA) is 55.1 Å². The van der Waals surface area contributed by atoms with E-state index in [4.69, 9.17) is 16.1 Å². The molecule has 1 fully saturated rings. The van der Waals surface area contributed by atoms with Crippen molar-refractivity contribution in [2.75, 3.05) is 13.1 Å². The summed E-state index contributed by atoms with van der Waals surface area (Å²) in [6.45, 7) is 1.95. The van der Waals surface area contributed by atoms with Gasteiger partial charge in [0.2, 0.25) is 11.7 Å². The third kappa shape index (κ3) is 2.90. The molecular weight excluding hydrogens is 331 g/mol. The molecule has 5 nitrogen and oxygen atoms in total. The molecule has 2 aromatic heterocycles. The first-order valence-electron chi connectivity index (χ1n) is 7.60. The summed E-state index contributed by atoms with van der Waals surface area (Å²) in [6, 6.07) is 8.45. The van der Waals surface area contributed by atoms with Gasteiger partial charge in [-0.15, -0.1) is 0 Å². The van der Waals surface area contributed by atoms with Crippen LogP contribution < -0.4 is 0 Å². The van der Waals surface area contributed by atoms with E-state index in [1.807, 2.05) is 12.1 Å². The van der Waals surface area contributed by atoms with E-state index in [1.54, 1.807) is 24.5 Å². The van der Waals surface area contributed by atoms with E-state index >= 15 is 0 Å². The second-order valence-corrected chi connectivity index (χ2v) is 6.20. The summed E-state index contributed by atoms with van der Waals surface area (Å²) in [6.07, 6.45) is 3.39. The van der Waals surface area contributed by atoms with Crippen molar-refractivity contribution >= 4 is 11.6 Å². The molecule has 1 aliphatic heterocycles. The van der Waals surface area contributed by atoms with E-state index in [1.165, 1.54) is 6.07 Å². The first-order valence-corrected chi connectivity index (χ1v) is 7.98. The lowest BCUT2D eigenvalue weighted by molar-refractivity contribution is 0.116. The van der Waals surface area contributed by atoms with Gasteiger partial charge >= 0.3 is 0 Å². The van der Waals surface area contributed by atoms with Crippen molar-refractivity contribution in [1.82, 2.24) is 20.0 Å². The number of halogens is 2. The van der Waals surface area contributed by atoms with Gasteiger partial charge < -0.3 is 4.52 Å². The number of hydrogen-bond donors (Lipinski definition) is 0. The summed E-state index contributed by atoms with van der Waals surface area (Å²) in [7, 11) is 0. The number of pyridine rings is 1. The van der Waals surface area contributed by atoms with Gasteiger partial charge in [0.1, 0.15) is 5.82 Å². The highest BCUT2D eigenvalue weighted by Gasteiger charge is 2.33. The highest BCUT2D eigenvalue weighted by molar-refractivity contribution is 6.31. The maximum atomic E-state index is 13.8. The fourth-order valence-electron chi connectivity index (χ4n) is 2.78. The fourth-order valence-corrected chi connectivity index (χ4v) is 3.00. The van der Waals surface area contributed by atoms with Gasteiger partial charge in [0.25, 0.3) is 0 Å². The van der Waals surface area contributed by atoms with Crippen molar-refractivity contribution in [2.24, 2.45) is 0 Å². The Kier molecular flexibility index (Phi) is 4.00. The highest BCUT2D eigenvalue weighted by atomic mass is 35.5. The molecule has 122 valence electrons. The molecule has 0 atom stereocenters. The van der Waals surface area contributed by atoms with Crippen molar-refractivity contribution in [1.29, 1.82) is 0 Å². The van der Waals surface area contributed by atoms with Gasteiger partial charge in [-0.1, -0.05) is 22.8 Å². The molecule has 0 unspecified atom stereocenters. The Balaban J connectivity index is 1.41. The average molecular weight is 345 g/mol. The van der Waals surface area contributed by atoms with Crippen molar-refractivity contribution in [2.45, 2.75) is 12.5 Å². The third-order valence-corrected chi connectivity index (χ3v) is 4.47. The minimum atomic E-state index is -0.275. The van der Waals surface area contributed by atoms with Gasteiger partial charge in [0.05, 0.1) is 5.92 Å². The van der Waals surface area contributed by atoms with Gasteiger partial charge in [-0.25, -0.2) is 4.39 Å². The van der Waals surface area contributed by atoms with Crippen LogP contribution in [-0.4, -0.2) is 33.1 Å². The Morgan fingerprint density at radius 2 is 2.12 bits per heavy atom. The average Bonchev–Trinajstić information content (AvgIpc) is 3.03. The molecule has 0 amide bonds. The minimum Gasteiger partial charge on any atom is -0.339 e. The number of benzene rings is 1. The molecule has 0 radical (unpaired) electrons. The number of hydrogen-bond acceptors (Lipinski definition) is 5. The van der Waals surface area contributed by atoms with Crippen LogP contribution in [0.4, 0.5) is 4.39 Å². The first-order chi connectivity index (χ1) is 11.7. The summed E-state index contributed by atoms with van der Waals surface area (Å²) in [5, 5.41) is 4.45. The standard InChI is InChI=1S/C17H14ClFN4O/c18-14-4-1-5-15(19)13(14)10-23-8-12(9-23)17-21-16(22-24-17)11-3-2-6-20-7-11/h1-7,12H,8-10H2. The Labute approximate surface area is 143 Å². The van der Waals surface area contributed by atoms with E-state index < -0.39 is 0 Å². The Hall–Kier alpha value is -2.31. The van der Waals surface area contributed by atoms with E-state index in [-0.39, 0.29) is 11.7 Å². The molecule has 0 saturated carbocycles. The fraction of sp³-hybridized carbons (Fsp3) is 0.235. The molecule has 24 heavy (non-hydrogen) atoms. The molecule has 4 rings (SSSR count). The number of aromatic nitrogens is 3. The second kappa shape index (κ2) is 6.30. The Bertz CT molecular complexity index is 829. The zero-order valence-electron chi connectivity index (χ0n) is 12.7. The van der Waals surface area contributed by atoms with Crippen LogP contribution in [-0.2, 0) is 6.54 Å². The summed E-state index contributed by atoms with van der Waals surface area (Å²) in [4.78, 5) is 10.6. The normalized spacial score (nSPS) is 15.4. The van der Waals surface area contributed by atoms with Gasteiger partial charge in [-0.2, -0.15) is 4.98 Å². The van der Waals surface area contributed by atoms with Crippen molar-refractivity contribution in [3.05, 3.63) is 65.0 Å². The van der Waals surface area contributed by atoms with Gasteiger partial charge in [0, 0.05) is 48.2 Å². The zero-order valence-corrected chi connectivity index (χ0v) is 13.4. The van der Waals surface area contributed by atoms with E-state index in [9.17, 15) is 4.39 Å². The minimum absolute atomic E-state index is 0.161. The number of nitrogens with zero attached hydrogens (tertiary/aromatic N) is 4. The van der Waals surface area contributed by atoms with Crippen molar-refractivity contribution in [3.8, 4) is 11.4 Å². The van der Waals surface area contributed by atoms with Crippen LogP contribution >= 0.6 is 11.6 Å². The molecule has 3 aromatic rings. The Morgan fingerprint density at radius 1 is 1.25 bits per heavy atom. The van der Waals surface area contributed by atoms with Gasteiger partial charge in [0.15, 0.2) is 0 Å². The molecule has 3 heterocycles. The molecule has 1 saturated heterocycles. The molecule has 0 N–H and O–H groups in total. The molecule has 1 aromatic carbocycles. The quantitative estimate of drug-likeness (QED) is 0.724. The van der Waals surface area contributed by atoms with Crippen LogP contribution in [0.3, 0.4) is 0 Å². The summed E-state index contributed by atoms with van der Waals surface area (Å²) < 4.78 is 19.2. The molecular formula is C17H14ClFN4O. The van der Waals surface area contributed by atoms with E-state index in [2.05, 4.69) is 20.0 Å². The third-order valence-electron chi connectivity index (χ3n) is 4.11.